The Labute approximate surface area is 223 Å². The molecule has 3 nitrogen and oxygen atoms in total. The van der Waals surface area contributed by atoms with Gasteiger partial charge in [-0.3, -0.25) is 0 Å². The lowest BCUT2D eigenvalue weighted by Gasteiger charge is -2.42. The van der Waals surface area contributed by atoms with E-state index in [9.17, 15) is 84.5 Å². The van der Waals surface area contributed by atoms with Crippen LogP contribution in [0.4, 0.5) is 74.6 Å². The van der Waals surface area contributed by atoms with Crippen molar-refractivity contribution in [1.82, 2.24) is 0 Å². The molecule has 0 aliphatic carbocycles. The largest absolute Gasteiger partial charge is 0.544 e. The number of carboxylic acid groups (broad SMARTS) is 1. The molecule has 0 bridgehead atoms. The molecule has 0 amide bonds. The summed E-state index contributed by atoms with van der Waals surface area (Å²) in [6, 6.07) is 0. The standard InChI is InChI=1S/C12H28N.C9HF17O2/c1-5-9-13(10-6-2,11-7-3)12-8-4;10-2(11,1(27)28)3(12,13)4(14,15)5(16,17)6(18,19)7(20,21)8(22,23)9(24,25)26/h5-12H2,1-4H3;(H,27,28)/q+1;/p-1. The molecule has 0 aromatic heterocycles. The van der Waals surface area contributed by atoms with Crippen LogP contribution >= 0.6 is 0 Å². The van der Waals surface area contributed by atoms with E-state index in [2.05, 4.69) is 27.7 Å². The van der Waals surface area contributed by atoms with Crippen molar-refractivity contribution in [2.75, 3.05) is 26.2 Å². The molecule has 0 unspecified atom stereocenters. The van der Waals surface area contributed by atoms with Crippen molar-refractivity contribution in [2.45, 2.75) is 101 Å². The van der Waals surface area contributed by atoms with Gasteiger partial charge in [0.15, 0.2) is 0 Å². The number of alkyl halides is 17. The fourth-order valence-corrected chi connectivity index (χ4v) is 3.86. The lowest BCUT2D eigenvalue weighted by Crippen LogP contribution is -2.75. The third-order valence-electron chi connectivity index (χ3n) is 5.77. The molecule has 0 fully saturated rings. The zero-order valence-corrected chi connectivity index (χ0v) is 21.8. The van der Waals surface area contributed by atoms with Crippen molar-refractivity contribution in [3.63, 3.8) is 0 Å². The number of quaternary nitrogens is 1. The zero-order valence-electron chi connectivity index (χ0n) is 21.8. The van der Waals surface area contributed by atoms with E-state index in [4.69, 9.17) is 0 Å². The number of carbonyl (C=O) groups excluding carboxylic acids is 1. The molecular formula is C21H28F17NO2. The average molecular weight is 649 g/mol. The number of hydrogen-bond acceptors (Lipinski definition) is 2. The Hall–Kier alpha value is -1.76. The van der Waals surface area contributed by atoms with Gasteiger partial charge in [-0.15, -0.1) is 0 Å². The molecule has 248 valence electrons. The molecular weight excluding hydrogens is 621 g/mol. The molecule has 0 aliphatic heterocycles. The van der Waals surface area contributed by atoms with E-state index < -0.39 is 53.6 Å². The molecule has 0 aliphatic rings. The van der Waals surface area contributed by atoms with Crippen LogP contribution in [0.25, 0.3) is 0 Å². The number of carboxylic acids is 1. The number of halogens is 17. The molecule has 0 aromatic carbocycles. The first-order chi connectivity index (χ1) is 17.9. The molecule has 0 saturated carbocycles. The highest BCUT2D eigenvalue weighted by molar-refractivity contribution is 5.75. The van der Waals surface area contributed by atoms with Gasteiger partial charge < -0.3 is 14.4 Å². The third-order valence-corrected chi connectivity index (χ3v) is 5.77. The van der Waals surface area contributed by atoms with Crippen LogP contribution in [0.5, 0.6) is 0 Å². The Morgan fingerprint density at radius 3 is 0.878 bits per heavy atom. The van der Waals surface area contributed by atoms with Crippen LogP contribution in [0.3, 0.4) is 0 Å². The van der Waals surface area contributed by atoms with E-state index in [1.165, 1.54) is 56.3 Å². The van der Waals surface area contributed by atoms with Gasteiger partial charge in [0, 0.05) is 0 Å². The lowest BCUT2D eigenvalue weighted by atomic mass is 9.89. The van der Waals surface area contributed by atoms with Crippen LogP contribution in [0.15, 0.2) is 0 Å². The highest BCUT2D eigenvalue weighted by Gasteiger charge is 2.95. The van der Waals surface area contributed by atoms with Crippen LogP contribution < -0.4 is 5.11 Å². The summed E-state index contributed by atoms with van der Waals surface area (Å²) in [6.07, 6.45) is -2.51. The molecule has 0 rings (SSSR count). The summed E-state index contributed by atoms with van der Waals surface area (Å²) in [5.74, 6) is -63.5. The fraction of sp³-hybridized carbons (Fsp3) is 0.952. The molecule has 0 atom stereocenters. The summed E-state index contributed by atoms with van der Waals surface area (Å²) in [5, 5.41) is 9.65. The van der Waals surface area contributed by atoms with Crippen LogP contribution in [0.2, 0.25) is 0 Å². The van der Waals surface area contributed by atoms with Gasteiger partial charge in [0.1, 0.15) is 5.97 Å². The molecule has 20 heteroatoms. The van der Waals surface area contributed by atoms with Crippen LogP contribution in [0, 0.1) is 0 Å². The molecule has 0 aromatic rings. The summed E-state index contributed by atoms with van der Waals surface area (Å²) < 4.78 is 215. The number of aliphatic carboxylic acids is 1. The summed E-state index contributed by atoms with van der Waals surface area (Å²) in [7, 11) is 0. The smallest absolute Gasteiger partial charge is 0.460 e. The Morgan fingerprint density at radius 1 is 0.463 bits per heavy atom. The maximum atomic E-state index is 13.0. The van der Waals surface area contributed by atoms with E-state index in [1.54, 1.807) is 0 Å². The average Bonchev–Trinajstić information content (AvgIpc) is 2.78. The number of rotatable bonds is 15. The highest BCUT2D eigenvalue weighted by Crippen LogP contribution is 2.63. The SMILES string of the molecule is CCC[N+](CCC)(CCC)CCC.O=C([O-])C(F)(F)C(F)(F)C(F)(F)C(F)(F)C(F)(F)C(F)(F)C(F)(F)C(F)(F)F. The predicted octanol–water partition coefficient (Wildman–Crippen LogP) is 7.19. The molecule has 0 heterocycles. The van der Waals surface area contributed by atoms with Crippen molar-refractivity contribution in [2.24, 2.45) is 0 Å². The second-order valence-corrected chi connectivity index (χ2v) is 9.04. The van der Waals surface area contributed by atoms with E-state index in [-0.39, 0.29) is 0 Å². The van der Waals surface area contributed by atoms with Gasteiger partial charge in [-0.1, -0.05) is 27.7 Å². The molecule has 0 spiro atoms. The minimum absolute atomic E-state index is 1.33. The van der Waals surface area contributed by atoms with E-state index in [0.717, 1.165) is 0 Å². The normalized spacial score (nSPS) is 15.0. The second kappa shape index (κ2) is 13.3. The summed E-state index contributed by atoms with van der Waals surface area (Å²) in [4.78, 5) is 9.65. The molecule has 0 radical (unpaired) electrons. The highest BCUT2D eigenvalue weighted by atomic mass is 19.4. The Balaban J connectivity index is 0. The van der Waals surface area contributed by atoms with Crippen LogP contribution in [0.1, 0.15) is 53.4 Å². The summed E-state index contributed by atoms with van der Waals surface area (Å²) >= 11 is 0. The zero-order chi connectivity index (χ0) is 33.7. The van der Waals surface area contributed by atoms with Gasteiger partial charge in [-0.2, -0.15) is 74.6 Å². The minimum atomic E-state index is -8.79. The number of hydrogen-bond donors (Lipinski definition) is 0. The van der Waals surface area contributed by atoms with E-state index >= 15 is 0 Å². The van der Waals surface area contributed by atoms with Gasteiger partial charge in [0.05, 0.1) is 26.2 Å². The van der Waals surface area contributed by atoms with Crippen molar-refractivity contribution >= 4 is 5.97 Å². The van der Waals surface area contributed by atoms with Gasteiger partial charge in [-0.25, -0.2) is 0 Å². The van der Waals surface area contributed by atoms with Gasteiger partial charge >= 0.3 is 47.6 Å². The first-order valence-electron chi connectivity index (χ1n) is 11.7. The van der Waals surface area contributed by atoms with E-state index in [0.29, 0.717) is 0 Å². The maximum absolute atomic E-state index is 13.0. The van der Waals surface area contributed by atoms with Gasteiger partial charge in [0.25, 0.3) is 0 Å². The Kier molecular flexibility index (Phi) is 13.4. The quantitative estimate of drug-likeness (QED) is 0.139. The van der Waals surface area contributed by atoms with E-state index in [1.807, 2.05) is 0 Å². The Morgan fingerprint density at radius 2 is 0.683 bits per heavy atom. The van der Waals surface area contributed by atoms with Crippen molar-refractivity contribution in [1.29, 1.82) is 0 Å². The monoisotopic (exact) mass is 649 g/mol. The van der Waals surface area contributed by atoms with Gasteiger partial charge in [-0.05, 0) is 25.7 Å². The molecule has 41 heavy (non-hydrogen) atoms. The first kappa shape index (κ1) is 41.4. The summed E-state index contributed by atoms with van der Waals surface area (Å²) in [5.41, 5.74) is 0. The fourth-order valence-electron chi connectivity index (χ4n) is 3.86. The van der Waals surface area contributed by atoms with Crippen molar-refractivity contribution < 1.29 is 89.0 Å². The van der Waals surface area contributed by atoms with Crippen molar-refractivity contribution in [3.05, 3.63) is 0 Å². The topological polar surface area (TPSA) is 40.1 Å². The minimum Gasteiger partial charge on any atom is -0.544 e. The Bertz CT molecular complexity index is 811. The molecule has 0 saturated heterocycles. The number of nitrogens with zero attached hydrogens (tertiary/aromatic N) is 1. The summed E-state index contributed by atoms with van der Waals surface area (Å²) in [6.45, 7) is 14.8. The van der Waals surface area contributed by atoms with Crippen LogP contribution in [-0.4, -0.2) is 84.3 Å². The first-order valence-corrected chi connectivity index (χ1v) is 11.7. The second-order valence-electron chi connectivity index (χ2n) is 9.04. The predicted molar refractivity (Wildman–Crippen MR) is 107 cm³/mol. The number of carbonyl (C=O) groups is 1. The van der Waals surface area contributed by atoms with Gasteiger partial charge in [0.2, 0.25) is 0 Å². The lowest BCUT2D eigenvalue weighted by molar-refractivity contribution is -0.928. The maximum Gasteiger partial charge on any atom is 0.460 e. The molecule has 0 N–H and O–H groups in total. The van der Waals surface area contributed by atoms with Crippen LogP contribution in [-0.2, 0) is 4.79 Å². The van der Waals surface area contributed by atoms with Crippen molar-refractivity contribution in [3.8, 4) is 0 Å². The third kappa shape index (κ3) is 7.25.